The van der Waals surface area contributed by atoms with Crippen LogP contribution in [0.5, 0.6) is 0 Å². The van der Waals surface area contributed by atoms with E-state index in [1.807, 2.05) is 0 Å². The van der Waals surface area contributed by atoms with Gasteiger partial charge in [-0.15, -0.1) is 0 Å². The minimum absolute atomic E-state index is 0.153. The Labute approximate surface area is 166 Å². The average molecular weight is 396 g/mol. The molecule has 1 aromatic carbocycles. The molecule has 0 atom stereocenters. The number of nitrogens with one attached hydrogen (secondary N) is 1. The maximum atomic E-state index is 13.6. The van der Waals surface area contributed by atoms with E-state index in [-0.39, 0.29) is 17.6 Å². The standard InChI is InChI=1S/C21H21FN4O3/c22-15-3-1-2-14(10-15)19-16(11-23-25-19)21(27)26-7-4-18-17(12-26)24-20(29-18)13-5-8-28-9-6-13/h1-3,10-11,13H,4-9,12H2,(H,23,25). The molecule has 1 fully saturated rings. The lowest BCUT2D eigenvalue weighted by Gasteiger charge is -2.25. The normalized spacial score (nSPS) is 17.3. The molecule has 1 N–H and O–H groups in total. The number of fused-ring (bicyclic) bond motifs is 1. The van der Waals surface area contributed by atoms with E-state index in [1.165, 1.54) is 18.3 Å². The molecular weight excluding hydrogens is 375 g/mol. The number of oxazole rings is 1. The summed E-state index contributed by atoms with van der Waals surface area (Å²) in [7, 11) is 0. The predicted molar refractivity (Wildman–Crippen MR) is 102 cm³/mol. The van der Waals surface area contributed by atoms with Crippen molar-refractivity contribution in [3.63, 3.8) is 0 Å². The first kappa shape index (κ1) is 18.1. The number of nitrogens with zero attached hydrogens (tertiary/aromatic N) is 3. The minimum Gasteiger partial charge on any atom is -0.445 e. The summed E-state index contributed by atoms with van der Waals surface area (Å²) in [5.74, 6) is 1.40. The molecule has 2 aromatic heterocycles. The summed E-state index contributed by atoms with van der Waals surface area (Å²) < 4.78 is 25.0. The number of hydrogen-bond donors (Lipinski definition) is 1. The second-order valence-electron chi connectivity index (χ2n) is 7.45. The summed E-state index contributed by atoms with van der Waals surface area (Å²) in [5, 5.41) is 6.84. The molecular formula is C21H21FN4O3. The monoisotopic (exact) mass is 396 g/mol. The zero-order valence-corrected chi connectivity index (χ0v) is 15.9. The number of aromatic nitrogens is 3. The molecule has 3 aromatic rings. The van der Waals surface area contributed by atoms with Gasteiger partial charge in [-0.2, -0.15) is 5.10 Å². The van der Waals surface area contributed by atoms with Crippen LogP contribution in [-0.4, -0.2) is 45.7 Å². The van der Waals surface area contributed by atoms with Crippen molar-refractivity contribution < 1.29 is 18.3 Å². The van der Waals surface area contributed by atoms with E-state index in [0.29, 0.717) is 36.3 Å². The van der Waals surface area contributed by atoms with Gasteiger partial charge in [0, 0.05) is 37.7 Å². The van der Waals surface area contributed by atoms with E-state index in [0.717, 1.165) is 43.4 Å². The number of benzene rings is 1. The molecule has 1 saturated heterocycles. The third-order valence-corrected chi connectivity index (χ3v) is 5.58. The van der Waals surface area contributed by atoms with Gasteiger partial charge in [-0.25, -0.2) is 9.37 Å². The number of amides is 1. The molecule has 1 amide bonds. The first-order valence-corrected chi connectivity index (χ1v) is 9.84. The summed E-state index contributed by atoms with van der Waals surface area (Å²) >= 11 is 0. The second kappa shape index (κ2) is 7.44. The third kappa shape index (κ3) is 3.44. The number of ether oxygens (including phenoxy) is 1. The van der Waals surface area contributed by atoms with Crippen LogP contribution in [-0.2, 0) is 17.7 Å². The van der Waals surface area contributed by atoms with Gasteiger partial charge >= 0.3 is 0 Å². The van der Waals surface area contributed by atoms with Gasteiger partial charge < -0.3 is 14.1 Å². The quantitative estimate of drug-likeness (QED) is 0.734. The molecule has 0 aliphatic carbocycles. The molecule has 5 rings (SSSR count). The van der Waals surface area contributed by atoms with Crippen LogP contribution in [0.1, 0.15) is 46.5 Å². The molecule has 150 valence electrons. The maximum Gasteiger partial charge on any atom is 0.258 e. The fraction of sp³-hybridized carbons (Fsp3) is 0.381. The Morgan fingerprint density at radius 1 is 1.28 bits per heavy atom. The largest absolute Gasteiger partial charge is 0.445 e. The minimum atomic E-state index is -0.360. The summed E-state index contributed by atoms with van der Waals surface area (Å²) in [5.41, 5.74) is 2.35. The van der Waals surface area contributed by atoms with Crippen LogP contribution < -0.4 is 0 Å². The van der Waals surface area contributed by atoms with Gasteiger partial charge in [-0.3, -0.25) is 9.89 Å². The fourth-order valence-corrected chi connectivity index (χ4v) is 3.99. The SMILES string of the molecule is O=C(c1cn[nH]c1-c1cccc(F)c1)N1CCc2oc(C3CCOCC3)nc2C1. The highest BCUT2D eigenvalue weighted by Crippen LogP contribution is 2.31. The van der Waals surface area contributed by atoms with Crippen molar-refractivity contribution in [2.24, 2.45) is 0 Å². The first-order chi connectivity index (χ1) is 14.2. The Morgan fingerprint density at radius 2 is 2.14 bits per heavy atom. The highest BCUT2D eigenvalue weighted by atomic mass is 19.1. The number of hydrogen-bond acceptors (Lipinski definition) is 5. The summed E-state index contributed by atoms with van der Waals surface area (Å²) in [6.45, 7) is 2.40. The zero-order valence-electron chi connectivity index (χ0n) is 15.9. The molecule has 0 spiro atoms. The van der Waals surface area contributed by atoms with E-state index in [9.17, 15) is 9.18 Å². The molecule has 4 heterocycles. The van der Waals surface area contributed by atoms with E-state index < -0.39 is 0 Å². The van der Waals surface area contributed by atoms with E-state index in [1.54, 1.807) is 17.0 Å². The molecule has 29 heavy (non-hydrogen) atoms. The maximum absolute atomic E-state index is 13.6. The highest BCUT2D eigenvalue weighted by molar-refractivity contribution is 5.99. The Hall–Kier alpha value is -3.00. The number of aromatic amines is 1. The third-order valence-electron chi connectivity index (χ3n) is 5.58. The van der Waals surface area contributed by atoms with E-state index >= 15 is 0 Å². The first-order valence-electron chi connectivity index (χ1n) is 9.84. The van der Waals surface area contributed by atoms with Gasteiger partial charge in [0.1, 0.15) is 17.3 Å². The molecule has 0 bridgehead atoms. The smallest absolute Gasteiger partial charge is 0.258 e. The van der Waals surface area contributed by atoms with Crippen LogP contribution in [0.4, 0.5) is 4.39 Å². The fourth-order valence-electron chi connectivity index (χ4n) is 3.99. The van der Waals surface area contributed by atoms with Gasteiger partial charge in [0.2, 0.25) is 0 Å². The average Bonchev–Trinajstić information content (AvgIpc) is 3.40. The van der Waals surface area contributed by atoms with Crippen molar-refractivity contribution in [2.45, 2.75) is 31.7 Å². The van der Waals surface area contributed by atoms with Crippen molar-refractivity contribution in [1.82, 2.24) is 20.1 Å². The highest BCUT2D eigenvalue weighted by Gasteiger charge is 2.30. The van der Waals surface area contributed by atoms with Gasteiger partial charge in [-0.1, -0.05) is 12.1 Å². The Morgan fingerprint density at radius 3 is 2.97 bits per heavy atom. The van der Waals surface area contributed by atoms with Crippen molar-refractivity contribution in [1.29, 1.82) is 0 Å². The lowest BCUT2D eigenvalue weighted by Crippen LogP contribution is -2.35. The van der Waals surface area contributed by atoms with Crippen molar-refractivity contribution in [3.05, 3.63) is 59.2 Å². The van der Waals surface area contributed by atoms with Gasteiger partial charge in [0.05, 0.1) is 24.0 Å². The van der Waals surface area contributed by atoms with Gasteiger partial charge in [0.25, 0.3) is 5.91 Å². The van der Waals surface area contributed by atoms with E-state index in [2.05, 4.69) is 10.2 Å². The lowest BCUT2D eigenvalue weighted by molar-refractivity contribution is 0.0726. The Kier molecular flexibility index (Phi) is 4.63. The van der Waals surface area contributed by atoms with Crippen molar-refractivity contribution in [2.75, 3.05) is 19.8 Å². The second-order valence-corrected chi connectivity index (χ2v) is 7.45. The van der Waals surface area contributed by atoms with Crippen LogP contribution >= 0.6 is 0 Å². The Bertz CT molecular complexity index is 1040. The number of H-pyrrole nitrogens is 1. The molecule has 8 heteroatoms. The van der Waals surface area contributed by atoms with Crippen LogP contribution in [0.25, 0.3) is 11.3 Å². The topological polar surface area (TPSA) is 84.2 Å². The van der Waals surface area contributed by atoms with Crippen LogP contribution in [0, 0.1) is 5.82 Å². The zero-order chi connectivity index (χ0) is 19.8. The Balaban J connectivity index is 1.37. The van der Waals surface area contributed by atoms with E-state index in [4.69, 9.17) is 14.1 Å². The molecule has 2 aliphatic rings. The molecule has 7 nitrogen and oxygen atoms in total. The summed E-state index contributed by atoms with van der Waals surface area (Å²) in [4.78, 5) is 19.6. The van der Waals surface area contributed by atoms with Gasteiger partial charge in [-0.05, 0) is 25.0 Å². The summed E-state index contributed by atoms with van der Waals surface area (Å²) in [6.07, 6.45) is 3.95. The van der Waals surface area contributed by atoms with Crippen molar-refractivity contribution in [3.8, 4) is 11.3 Å². The number of halogens is 1. The van der Waals surface area contributed by atoms with Crippen LogP contribution in [0.3, 0.4) is 0 Å². The van der Waals surface area contributed by atoms with Crippen LogP contribution in [0.15, 0.2) is 34.9 Å². The summed E-state index contributed by atoms with van der Waals surface area (Å²) in [6, 6.07) is 6.12. The molecule has 0 radical (unpaired) electrons. The number of rotatable bonds is 3. The van der Waals surface area contributed by atoms with Crippen LogP contribution in [0.2, 0.25) is 0 Å². The molecule has 2 aliphatic heterocycles. The number of carbonyl (C=O) groups is 1. The van der Waals surface area contributed by atoms with Gasteiger partial charge in [0.15, 0.2) is 5.89 Å². The predicted octanol–water partition coefficient (Wildman–Crippen LogP) is 3.30. The number of carbonyl (C=O) groups excluding carboxylic acids is 1. The molecule has 0 saturated carbocycles. The van der Waals surface area contributed by atoms with Crippen molar-refractivity contribution >= 4 is 5.91 Å². The lowest BCUT2D eigenvalue weighted by atomic mass is 10.0. The molecule has 0 unspecified atom stereocenters.